The van der Waals surface area contributed by atoms with E-state index in [0.29, 0.717) is 0 Å². The summed E-state index contributed by atoms with van der Waals surface area (Å²) in [6, 6.07) is 16.7. The predicted molar refractivity (Wildman–Crippen MR) is 82.5 cm³/mol. The molecule has 96 valence electrons. The fraction of sp³-hybridized carbons (Fsp3) is 0.222. The van der Waals surface area contributed by atoms with Gasteiger partial charge >= 0.3 is 0 Å². The molecule has 0 aromatic heterocycles. The maximum absolute atomic E-state index is 3.22. The molecular weight excluding hydrogens is 230 g/mol. The minimum atomic E-state index is 0.735. The molecule has 2 aromatic rings. The summed E-state index contributed by atoms with van der Waals surface area (Å²) < 4.78 is 0. The first kappa shape index (κ1) is 13.2. The highest BCUT2D eigenvalue weighted by Crippen LogP contribution is 2.16. The van der Waals surface area contributed by atoms with Gasteiger partial charge in [0.1, 0.15) is 0 Å². The average Bonchev–Trinajstić information content (AvgIpc) is 2.41. The van der Waals surface area contributed by atoms with Gasteiger partial charge in [-0.25, -0.2) is 0 Å². The van der Waals surface area contributed by atoms with Crippen LogP contribution in [0.15, 0.2) is 48.5 Å². The molecule has 0 atom stereocenters. The lowest BCUT2D eigenvalue weighted by molar-refractivity contribution is 1.04. The summed E-state index contributed by atoms with van der Waals surface area (Å²) >= 11 is 0. The van der Waals surface area contributed by atoms with Crippen LogP contribution in [0.3, 0.4) is 0 Å². The molecule has 0 saturated heterocycles. The third-order valence-electron chi connectivity index (χ3n) is 3.13. The molecule has 0 fully saturated rings. The van der Waals surface area contributed by atoms with Gasteiger partial charge in [-0.1, -0.05) is 47.7 Å². The lowest BCUT2D eigenvalue weighted by atomic mass is 10.1. The Labute approximate surface area is 115 Å². The normalized spacial score (nSPS) is 9.63. The van der Waals surface area contributed by atoms with Gasteiger partial charge in [-0.15, -0.1) is 0 Å². The largest absolute Gasteiger partial charge is 0.363 e. The minimum absolute atomic E-state index is 0.735. The Balaban J connectivity index is 2.03. The monoisotopic (exact) mass is 249 g/mol. The molecule has 0 unspecified atom stereocenters. The summed E-state index contributed by atoms with van der Waals surface area (Å²) in [6.07, 6.45) is 0. The Kier molecular flexibility index (Phi) is 4.26. The first-order chi connectivity index (χ1) is 9.16. The van der Waals surface area contributed by atoms with E-state index in [9.17, 15) is 0 Å². The van der Waals surface area contributed by atoms with Crippen molar-refractivity contribution in [2.24, 2.45) is 0 Å². The van der Waals surface area contributed by atoms with Gasteiger partial charge in [-0.2, -0.15) is 0 Å². The number of benzene rings is 2. The predicted octanol–water partition coefficient (Wildman–Crippen LogP) is 3.79. The zero-order chi connectivity index (χ0) is 13.7. The molecule has 2 rings (SSSR count). The molecule has 0 radical (unpaired) electrons. The highest BCUT2D eigenvalue weighted by Gasteiger charge is 2.00. The molecule has 0 aliphatic rings. The van der Waals surface area contributed by atoms with Gasteiger partial charge in [0, 0.05) is 18.3 Å². The molecular formula is C18H19N. The van der Waals surface area contributed by atoms with Crippen molar-refractivity contribution in [1.82, 2.24) is 0 Å². The van der Waals surface area contributed by atoms with Crippen LogP contribution in [0.1, 0.15) is 16.7 Å². The Morgan fingerprint density at radius 1 is 0.947 bits per heavy atom. The molecule has 0 saturated carbocycles. The number of nitrogens with zero attached hydrogens (tertiary/aromatic N) is 1. The first-order valence-corrected chi connectivity index (χ1v) is 6.49. The van der Waals surface area contributed by atoms with Gasteiger partial charge in [0.15, 0.2) is 0 Å². The third-order valence-corrected chi connectivity index (χ3v) is 3.13. The number of hydrogen-bond donors (Lipinski definition) is 0. The molecule has 1 heteroatoms. The number of aryl methyl sites for hydroxylation is 2. The van der Waals surface area contributed by atoms with E-state index in [1.54, 1.807) is 0 Å². The van der Waals surface area contributed by atoms with Gasteiger partial charge in [0.25, 0.3) is 0 Å². The zero-order valence-corrected chi connectivity index (χ0v) is 11.8. The van der Waals surface area contributed by atoms with E-state index in [2.05, 4.69) is 86.2 Å². The van der Waals surface area contributed by atoms with Gasteiger partial charge in [-0.05, 0) is 37.6 Å². The summed E-state index contributed by atoms with van der Waals surface area (Å²) in [4.78, 5) is 2.18. The Hall–Kier alpha value is -2.20. The van der Waals surface area contributed by atoms with Gasteiger partial charge in [0.2, 0.25) is 0 Å². The smallest absolute Gasteiger partial charge is 0.0794 e. The van der Waals surface area contributed by atoms with Crippen LogP contribution in [0.2, 0.25) is 0 Å². The van der Waals surface area contributed by atoms with Crippen molar-refractivity contribution in [3.63, 3.8) is 0 Å². The molecule has 0 amide bonds. The van der Waals surface area contributed by atoms with E-state index in [0.717, 1.165) is 12.1 Å². The van der Waals surface area contributed by atoms with E-state index in [4.69, 9.17) is 0 Å². The van der Waals surface area contributed by atoms with Crippen LogP contribution in [0.4, 0.5) is 5.69 Å². The van der Waals surface area contributed by atoms with Crippen molar-refractivity contribution in [2.45, 2.75) is 13.8 Å². The van der Waals surface area contributed by atoms with Crippen LogP contribution in [0.25, 0.3) is 0 Å². The average molecular weight is 249 g/mol. The standard InChI is InChI=1S/C18H19N/c1-15-10-12-17(13-11-15)8-6-14-19(3)18-9-5-4-7-16(18)2/h4-5,7,9-13H,14H2,1-3H3. The summed E-state index contributed by atoms with van der Waals surface area (Å²) in [5.74, 6) is 6.42. The van der Waals surface area contributed by atoms with Crippen molar-refractivity contribution in [1.29, 1.82) is 0 Å². The summed E-state index contributed by atoms with van der Waals surface area (Å²) in [5.41, 5.74) is 4.86. The second kappa shape index (κ2) is 6.11. The molecule has 0 bridgehead atoms. The molecule has 19 heavy (non-hydrogen) atoms. The van der Waals surface area contributed by atoms with Gasteiger partial charge < -0.3 is 4.90 Å². The number of anilines is 1. The lowest BCUT2D eigenvalue weighted by Gasteiger charge is -2.18. The fourth-order valence-electron chi connectivity index (χ4n) is 1.97. The number of hydrogen-bond acceptors (Lipinski definition) is 1. The summed E-state index contributed by atoms with van der Waals surface area (Å²) in [5, 5.41) is 0. The Bertz CT molecular complexity index is 600. The third kappa shape index (κ3) is 3.63. The minimum Gasteiger partial charge on any atom is -0.363 e. The Morgan fingerprint density at radius 2 is 1.63 bits per heavy atom. The highest BCUT2D eigenvalue weighted by atomic mass is 15.1. The maximum Gasteiger partial charge on any atom is 0.0794 e. The van der Waals surface area contributed by atoms with Crippen LogP contribution < -0.4 is 4.90 Å². The molecule has 0 heterocycles. The van der Waals surface area contributed by atoms with Gasteiger partial charge in [0.05, 0.1) is 6.54 Å². The highest BCUT2D eigenvalue weighted by molar-refractivity contribution is 5.53. The molecule has 2 aromatic carbocycles. The van der Waals surface area contributed by atoms with E-state index >= 15 is 0 Å². The maximum atomic E-state index is 3.22. The van der Waals surface area contributed by atoms with E-state index in [1.807, 2.05) is 0 Å². The quantitative estimate of drug-likeness (QED) is 0.732. The number of rotatable bonds is 2. The summed E-state index contributed by atoms with van der Waals surface area (Å²) in [7, 11) is 2.08. The van der Waals surface area contributed by atoms with Crippen molar-refractivity contribution in [2.75, 3.05) is 18.5 Å². The fourth-order valence-corrected chi connectivity index (χ4v) is 1.97. The van der Waals surface area contributed by atoms with Crippen molar-refractivity contribution < 1.29 is 0 Å². The second-order valence-electron chi connectivity index (χ2n) is 4.81. The van der Waals surface area contributed by atoms with Crippen molar-refractivity contribution in [3.05, 3.63) is 65.2 Å². The first-order valence-electron chi connectivity index (χ1n) is 6.49. The van der Waals surface area contributed by atoms with E-state index < -0.39 is 0 Å². The van der Waals surface area contributed by atoms with Crippen LogP contribution in [0, 0.1) is 25.7 Å². The molecule has 0 N–H and O–H groups in total. The van der Waals surface area contributed by atoms with Crippen LogP contribution in [0.5, 0.6) is 0 Å². The summed E-state index contributed by atoms with van der Waals surface area (Å²) in [6.45, 7) is 4.95. The van der Waals surface area contributed by atoms with E-state index in [1.165, 1.54) is 16.8 Å². The van der Waals surface area contributed by atoms with Gasteiger partial charge in [-0.3, -0.25) is 0 Å². The topological polar surface area (TPSA) is 3.24 Å². The van der Waals surface area contributed by atoms with E-state index in [-0.39, 0.29) is 0 Å². The van der Waals surface area contributed by atoms with Crippen LogP contribution >= 0.6 is 0 Å². The Morgan fingerprint density at radius 3 is 2.32 bits per heavy atom. The number of para-hydroxylation sites is 1. The van der Waals surface area contributed by atoms with Crippen LogP contribution in [-0.2, 0) is 0 Å². The SMILES string of the molecule is Cc1ccc(C#CCN(C)c2ccccc2C)cc1. The zero-order valence-electron chi connectivity index (χ0n) is 11.8. The molecule has 0 aliphatic heterocycles. The van der Waals surface area contributed by atoms with Crippen LogP contribution in [-0.4, -0.2) is 13.6 Å². The molecule has 0 aliphatic carbocycles. The molecule has 0 spiro atoms. The lowest BCUT2D eigenvalue weighted by Crippen LogP contribution is -2.18. The van der Waals surface area contributed by atoms with Crippen molar-refractivity contribution in [3.8, 4) is 11.8 Å². The molecule has 1 nitrogen and oxygen atoms in total. The second-order valence-corrected chi connectivity index (χ2v) is 4.81. The van der Waals surface area contributed by atoms with Crippen molar-refractivity contribution >= 4 is 5.69 Å².